The summed E-state index contributed by atoms with van der Waals surface area (Å²) in [4.78, 5) is 26.8. The minimum Gasteiger partial charge on any atom is -0.355 e. The summed E-state index contributed by atoms with van der Waals surface area (Å²) in [7, 11) is 0. The van der Waals surface area contributed by atoms with Crippen molar-refractivity contribution in [3.05, 3.63) is 59.8 Å². The Hall–Kier alpha value is -3.79. The molecule has 6 heterocycles. The summed E-state index contributed by atoms with van der Waals surface area (Å²) < 4.78 is 1.83. The van der Waals surface area contributed by atoms with Gasteiger partial charge in [-0.15, -0.1) is 0 Å². The third-order valence-corrected chi connectivity index (χ3v) is 7.02. The number of nitrogens with zero attached hydrogens (tertiary/aromatic N) is 7. The van der Waals surface area contributed by atoms with E-state index in [1.807, 2.05) is 33.8 Å². The minimum atomic E-state index is -0.105. The van der Waals surface area contributed by atoms with Gasteiger partial charge in [-0.1, -0.05) is 0 Å². The molecule has 2 saturated heterocycles. The Kier molecular flexibility index (Phi) is 5.44. The number of aromatic amines is 1. The molecule has 2 unspecified atom stereocenters. The van der Waals surface area contributed by atoms with Crippen LogP contribution in [-0.2, 0) is 0 Å². The zero-order valence-corrected chi connectivity index (χ0v) is 19.8. The first-order valence-electron chi connectivity index (χ1n) is 12.2. The van der Waals surface area contributed by atoms with Crippen molar-refractivity contribution in [2.24, 2.45) is 5.73 Å². The van der Waals surface area contributed by atoms with Gasteiger partial charge in [0, 0.05) is 61.5 Å². The molecule has 4 aromatic rings. The molecule has 10 nitrogen and oxygen atoms in total. The fraction of sp³-hybridized carbons (Fsp3) is 0.400. The summed E-state index contributed by atoms with van der Waals surface area (Å²) in [6, 6.07) is 7.68. The van der Waals surface area contributed by atoms with E-state index in [9.17, 15) is 4.79 Å². The van der Waals surface area contributed by atoms with E-state index < -0.39 is 0 Å². The number of anilines is 1. The third kappa shape index (κ3) is 4.03. The molecule has 1 amide bonds. The second-order valence-electron chi connectivity index (χ2n) is 9.53. The van der Waals surface area contributed by atoms with Gasteiger partial charge in [-0.25, -0.2) is 9.50 Å². The van der Waals surface area contributed by atoms with Gasteiger partial charge in [0.25, 0.3) is 5.91 Å². The smallest absolute Gasteiger partial charge is 0.272 e. The maximum atomic E-state index is 13.5. The molecule has 6 rings (SSSR count). The lowest BCUT2D eigenvalue weighted by molar-refractivity contribution is 0.0599. The van der Waals surface area contributed by atoms with Crippen LogP contribution < -0.4 is 10.6 Å². The number of nitrogens with two attached hydrogens (primary N) is 1. The Bertz CT molecular complexity index is 1360. The second-order valence-corrected chi connectivity index (χ2v) is 9.53. The molecule has 180 valence electrons. The fourth-order valence-corrected chi connectivity index (χ4v) is 5.21. The van der Waals surface area contributed by atoms with Crippen LogP contribution in [0, 0.1) is 6.92 Å². The number of aryl methyl sites for hydroxylation is 1. The quantitative estimate of drug-likeness (QED) is 0.469. The third-order valence-electron chi connectivity index (χ3n) is 7.02. The summed E-state index contributed by atoms with van der Waals surface area (Å²) >= 11 is 0. The lowest BCUT2D eigenvalue weighted by Crippen LogP contribution is -2.38. The number of H-pyrrole nitrogens is 1. The van der Waals surface area contributed by atoms with Crippen molar-refractivity contribution in [3.8, 4) is 11.3 Å². The van der Waals surface area contributed by atoms with Crippen molar-refractivity contribution in [2.45, 2.75) is 44.7 Å². The van der Waals surface area contributed by atoms with Crippen LogP contribution in [0.5, 0.6) is 0 Å². The number of nitrogens with one attached hydrogen (secondary N) is 1. The fourth-order valence-electron chi connectivity index (χ4n) is 5.21. The highest BCUT2D eigenvalue weighted by molar-refractivity contribution is 5.93. The van der Waals surface area contributed by atoms with Crippen molar-refractivity contribution in [1.82, 2.24) is 34.7 Å². The van der Waals surface area contributed by atoms with Gasteiger partial charge in [0.2, 0.25) is 0 Å². The molecule has 4 aromatic heterocycles. The molecule has 2 aliphatic heterocycles. The van der Waals surface area contributed by atoms with Gasteiger partial charge in [-0.05, 0) is 50.8 Å². The Morgan fingerprint density at radius 1 is 1.20 bits per heavy atom. The van der Waals surface area contributed by atoms with Gasteiger partial charge in [-0.3, -0.25) is 14.9 Å². The van der Waals surface area contributed by atoms with Crippen LogP contribution in [0.2, 0.25) is 0 Å². The van der Waals surface area contributed by atoms with E-state index in [0.717, 1.165) is 67.1 Å². The highest BCUT2D eigenvalue weighted by Gasteiger charge is 2.32. The first kappa shape index (κ1) is 21.7. The molecule has 3 N–H and O–H groups in total. The van der Waals surface area contributed by atoms with E-state index in [1.165, 1.54) is 0 Å². The largest absolute Gasteiger partial charge is 0.355 e. The minimum absolute atomic E-state index is 0.0646. The van der Waals surface area contributed by atoms with Crippen LogP contribution in [0.15, 0.2) is 42.9 Å². The molecule has 0 spiro atoms. The highest BCUT2D eigenvalue weighted by atomic mass is 16.2. The molecule has 2 atom stereocenters. The molecule has 0 aromatic carbocycles. The highest BCUT2D eigenvalue weighted by Crippen LogP contribution is 2.33. The van der Waals surface area contributed by atoms with Crippen molar-refractivity contribution in [1.29, 1.82) is 0 Å². The van der Waals surface area contributed by atoms with E-state index in [4.69, 9.17) is 15.8 Å². The SMILES string of the molecule is Cc1cn2nc(C3CCCCN3C(=O)c3cc(-c4cccnc4)n[nH]3)cc2nc1N1CCC(N)C1. The van der Waals surface area contributed by atoms with E-state index in [0.29, 0.717) is 17.9 Å². The number of pyridine rings is 1. The molecule has 10 heteroatoms. The standard InChI is InChI=1S/C25H29N9O/c1-16-14-34-23(28-24(16)32-10-7-18(26)15-32)12-20(31-34)22-6-2-3-9-33(22)25(35)21-11-19(29-30-21)17-5-4-8-27-13-17/h4-5,8,11-14,18,22H,2-3,6-7,9-10,15,26H2,1H3,(H,29,30). The van der Waals surface area contributed by atoms with Crippen molar-refractivity contribution >= 4 is 17.4 Å². The summed E-state index contributed by atoms with van der Waals surface area (Å²) in [5.74, 6) is 0.902. The van der Waals surface area contributed by atoms with Crippen LogP contribution in [0.1, 0.15) is 53.5 Å². The van der Waals surface area contributed by atoms with Crippen LogP contribution in [0.4, 0.5) is 5.82 Å². The number of hydrogen-bond acceptors (Lipinski definition) is 7. The lowest BCUT2D eigenvalue weighted by Gasteiger charge is -2.34. The second kappa shape index (κ2) is 8.77. The molecule has 2 fully saturated rings. The summed E-state index contributed by atoms with van der Waals surface area (Å²) in [6.07, 6.45) is 9.34. The Balaban J connectivity index is 1.29. The zero-order chi connectivity index (χ0) is 23.9. The number of amides is 1. The maximum absolute atomic E-state index is 13.5. The molecule has 35 heavy (non-hydrogen) atoms. The topological polar surface area (TPSA) is 121 Å². The summed E-state index contributed by atoms with van der Waals surface area (Å²) in [5, 5.41) is 12.1. The number of aromatic nitrogens is 6. The normalized spacial score (nSPS) is 20.6. The average molecular weight is 472 g/mol. The molecular formula is C25H29N9O. The van der Waals surface area contributed by atoms with Crippen LogP contribution in [0.3, 0.4) is 0 Å². The number of likely N-dealkylation sites (tertiary alicyclic amines) is 1. The number of hydrogen-bond donors (Lipinski definition) is 2. The van der Waals surface area contributed by atoms with Gasteiger partial charge < -0.3 is 15.5 Å². The molecule has 0 radical (unpaired) electrons. The molecular weight excluding hydrogens is 442 g/mol. The number of carbonyl (C=O) groups is 1. The van der Waals surface area contributed by atoms with E-state index in [1.54, 1.807) is 18.5 Å². The van der Waals surface area contributed by atoms with Crippen LogP contribution >= 0.6 is 0 Å². The summed E-state index contributed by atoms with van der Waals surface area (Å²) in [5.41, 5.74) is 10.9. The van der Waals surface area contributed by atoms with Gasteiger partial charge in [0.05, 0.1) is 17.4 Å². The predicted octanol–water partition coefficient (Wildman–Crippen LogP) is 2.73. The molecule has 0 saturated carbocycles. The van der Waals surface area contributed by atoms with Crippen molar-refractivity contribution in [2.75, 3.05) is 24.5 Å². The van der Waals surface area contributed by atoms with Gasteiger partial charge in [-0.2, -0.15) is 10.2 Å². The average Bonchev–Trinajstić information content (AvgIpc) is 3.63. The van der Waals surface area contributed by atoms with E-state index >= 15 is 0 Å². The Morgan fingerprint density at radius 3 is 2.91 bits per heavy atom. The van der Waals surface area contributed by atoms with E-state index in [-0.39, 0.29) is 18.0 Å². The monoisotopic (exact) mass is 471 g/mol. The Labute approximate surface area is 203 Å². The lowest BCUT2D eigenvalue weighted by atomic mass is 9.99. The first-order chi connectivity index (χ1) is 17.1. The first-order valence-corrected chi connectivity index (χ1v) is 12.2. The molecule has 0 bridgehead atoms. The maximum Gasteiger partial charge on any atom is 0.272 e. The van der Waals surface area contributed by atoms with E-state index in [2.05, 4.69) is 27.0 Å². The Morgan fingerprint density at radius 2 is 2.11 bits per heavy atom. The van der Waals surface area contributed by atoms with Gasteiger partial charge in [0.1, 0.15) is 11.5 Å². The number of rotatable bonds is 4. The molecule has 2 aliphatic rings. The van der Waals surface area contributed by atoms with Crippen LogP contribution in [0.25, 0.3) is 16.9 Å². The summed E-state index contributed by atoms with van der Waals surface area (Å²) in [6.45, 7) is 4.48. The van der Waals surface area contributed by atoms with Crippen molar-refractivity contribution in [3.63, 3.8) is 0 Å². The number of carbonyl (C=O) groups excluding carboxylic acids is 1. The number of piperidine rings is 1. The molecule has 0 aliphatic carbocycles. The predicted molar refractivity (Wildman–Crippen MR) is 132 cm³/mol. The van der Waals surface area contributed by atoms with Gasteiger partial charge >= 0.3 is 0 Å². The number of fused-ring (bicyclic) bond motifs is 1. The zero-order valence-electron chi connectivity index (χ0n) is 19.8. The van der Waals surface area contributed by atoms with Crippen molar-refractivity contribution < 1.29 is 4.79 Å². The van der Waals surface area contributed by atoms with Gasteiger partial charge in [0.15, 0.2) is 5.65 Å². The van der Waals surface area contributed by atoms with Crippen LogP contribution in [-0.4, -0.2) is 66.3 Å².